The van der Waals surface area contributed by atoms with Crippen LogP contribution in [0.5, 0.6) is 5.75 Å². The van der Waals surface area contributed by atoms with Gasteiger partial charge in [-0.3, -0.25) is 4.79 Å². The predicted octanol–water partition coefficient (Wildman–Crippen LogP) is 1.53. The third-order valence-corrected chi connectivity index (χ3v) is 3.63. The van der Waals surface area contributed by atoms with E-state index in [-0.39, 0.29) is 24.5 Å². The van der Waals surface area contributed by atoms with Crippen molar-refractivity contribution in [3.05, 3.63) is 51.1 Å². The second-order valence-corrected chi connectivity index (χ2v) is 5.39. The second-order valence-electron chi connectivity index (χ2n) is 4.60. The van der Waals surface area contributed by atoms with Crippen LogP contribution in [-0.2, 0) is 7.05 Å². The summed E-state index contributed by atoms with van der Waals surface area (Å²) < 4.78 is 19.6. The van der Waals surface area contributed by atoms with Crippen LogP contribution in [-0.4, -0.2) is 34.1 Å². The Morgan fingerprint density at radius 2 is 2.14 bits per heavy atom. The van der Waals surface area contributed by atoms with E-state index in [1.807, 2.05) is 0 Å². The quantitative estimate of drug-likeness (QED) is 0.805. The molecule has 0 amide bonds. The van der Waals surface area contributed by atoms with Gasteiger partial charge in [-0.2, -0.15) is 5.10 Å². The van der Waals surface area contributed by atoms with Gasteiger partial charge in [0.1, 0.15) is 28.8 Å². The average Bonchev–Trinajstić information content (AvgIpc) is 2.51. The minimum atomic E-state index is -0.805. The summed E-state index contributed by atoms with van der Waals surface area (Å²) in [6, 6.07) is 5.53. The largest absolute Gasteiger partial charge is 0.491 e. The van der Waals surface area contributed by atoms with Crippen molar-refractivity contribution in [2.45, 2.75) is 6.10 Å². The number of nitrogens with one attached hydrogen (secondary N) is 1. The maximum atomic E-state index is 12.7. The number of benzene rings is 1. The highest BCUT2D eigenvalue weighted by atomic mass is 79.9. The maximum absolute atomic E-state index is 12.7. The van der Waals surface area contributed by atoms with Gasteiger partial charge in [-0.15, -0.1) is 0 Å². The molecule has 1 heterocycles. The fraction of sp³-hybridized carbons (Fsp3) is 0.286. The van der Waals surface area contributed by atoms with E-state index in [0.717, 1.165) is 0 Å². The van der Waals surface area contributed by atoms with Crippen molar-refractivity contribution in [1.82, 2.24) is 9.78 Å². The number of aliphatic hydroxyl groups is 1. The number of rotatable bonds is 6. The zero-order valence-electron chi connectivity index (χ0n) is 11.8. The first kappa shape index (κ1) is 16.4. The van der Waals surface area contributed by atoms with Crippen LogP contribution in [0.1, 0.15) is 0 Å². The van der Waals surface area contributed by atoms with E-state index < -0.39 is 6.10 Å². The molecule has 0 saturated carbocycles. The Kier molecular flexibility index (Phi) is 5.51. The molecule has 0 saturated heterocycles. The number of aliphatic hydroxyl groups excluding tert-OH is 1. The first-order valence-corrected chi connectivity index (χ1v) is 7.29. The number of aromatic nitrogens is 2. The number of halogens is 2. The van der Waals surface area contributed by atoms with Gasteiger partial charge in [-0.05, 0) is 40.2 Å². The Morgan fingerprint density at radius 1 is 1.45 bits per heavy atom. The molecule has 118 valence electrons. The summed E-state index contributed by atoms with van der Waals surface area (Å²) in [4.78, 5) is 11.7. The maximum Gasteiger partial charge on any atom is 0.282 e. The van der Waals surface area contributed by atoms with Crippen molar-refractivity contribution >= 4 is 21.6 Å². The summed E-state index contributed by atoms with van der Waals surface area (Å²) in [6.07, 6.45) is 0.681. The molecule has 0 spiro atoms. The molecule has 6 nitrogen and oxygen atoms in total. The Bertz CT molecular complexity index is 691. The van der Waals surface area contributed by atoms with Crippen LogP contribution in [0.15, 0.2) is 39.7 Å². The number of nitrogens with zero attached hydrogens (tertiary/aromatic N) is 2. The van der Waals surface area contributed by atoms with Gasteiger partial charge in [-0.25, -0.2) is 9.07 Å². The number of hydrogen-bond donors (Lipinski definition) is 2. The molecule has 0 aliphatic heterocycles. The SMILES string of the molecule is Cn1ncc(NCC(O)COc2ccc(F)cc2)c(Br)c1=O. The number of ether oxygens (including phenoxy) is 1. The van der Waals surface area contributed by atoms with E-state index in [1.54, 1.807) is 7.05 Å². The molecule has 0 fully saturated rings. The molecule has 2 N–H and O–H groups in total. The lowest BCUT2D eigenvalue weighted by molar-refractivity contribution is 0.117. The minimum Gasteiger partial charge on any atom is -0.491 e. The molecule has 0 aliphatic rings. The first-order chi connectivity index (χ1) is 10.5. The minimum absolute atomic E-state index is 0.0362. The van der Waals surface area contributed by atoms with E-state index >= 15 is 0 Å². The zero-order valence-corrected chi connectivity index (χ0v) is 13.4. The number of hydrogen-bond acceptors (Lipinski definition) is 5. The standard InChI is InChI=1S/C14H15BrFN3O3/c1-19-14(21)13(15)12(7-18-19)17-6-10(20)8-22-11-4-2-9(16)3-5-11/h2-5,7,10,17,20H,6,8H2,1H3. The van der Waals surface area contributed by atoms with Gasteiger partial charge in [0.2, 0.25) is 0 Å². The monoisotopic (exact) mass is 371 g/mol. The van der Waals surface area contributed by atoms with E-state index in [0.29, 0.717) is 15.9 Å². The molecule has 0 radical (unpaired) electrons. The molecule has 1 aromatic heterocycles. The van der Waals surface area contributed by atoms with Crippen molar-refractivity contribution in [2.24, 2.45) is 7.05 Å². The molecule has 1 aromatic carbocycles. The molecular weight excluding hydrogens is 357 g/mol. The van der Waals surface area contributed by atoms with Crippen molar-refractivity contribution in [3.63, 3.8) is 0 Å². The molecule has 0 aliphatic carbocycles. The summed E-state index contributed by atoms with van der Waals surface area (Å²) in [5, 5.41) is 16.7. The predicted molar refractivity (Wildman–Crippen MR) is 83.6 cm³/mol. The lowest BCUT2D eigenvalue weighted by Crippen LogP contribution is -2.28. The van der Waals surface area contributed by atoms with Crippen LogP contribution in [0.4, 0.5) is 10.1 Å². The van der Waals surface area contributed by atoms with Gasteiger partial charge < -0.3 is 15.2 Å². The van der Waals surface area contributed by atoms with Crippen LogP contribution < -0.4 is 15.6 Å². The zero-order chi connectivity index (χ0) is 16.1. The highest BCUT2D eigenvalue weighted by Gasteiger charge is 2.10. The Hall–Kier alpha value is -1.93. The topological polar surface area (TPSA) is 76.4 Å². The van der Waals surface area contributed by atoms with Gasteiger partial charge in [0, 0.05) is 13.6 Å². The molecule has 0 bridgehead atoms. The van der Waals surface area contributed by atoms with Crippen molar-refractivity contribution < 1.29 is 14.2 Å². The number of aryl methyl sites for hydroxylation is 1. The van der Waals surface area contributed by atoms with Gasteiger partial charge in [0.05, 0.1) is 11.9 Å². The van der Waals surface area contributed by atoms with Crippen LogP contribution in [0.25, 0.3) is 0 Å². The van der Waals surface area contributed by atoms with E-state index in [4.69, 9.17) is 4.74 Å². The number of anilines is 1. The normalized spacial score (nSPS) is 12.0. The Labute approximate surface area is 134 Å². The van der Waals surface area contributed by atoms with E-state index in [9.17, 15) is 14.3 Å². The van der Waals surface area contributed by atoms with E-state index in [1.165, 1.54) is 35.1 Å². The Balaban J connectivity index is 1.85. The molecule has 22 heavy (non-hydrogen) atoms. The fourth-order valence-corrected chi connectivity index (χ4v) is 2.14. The summed E-state index contributed by atoms with van der Waals surface area (Å²) in [7, 11) is 1.54. The molecule has 1 atom stereocenters. The van der Waals surface area contributed by atoms with Crippen molar-refractivity contribution in [3.8, 4) is 5.75 Å². The third-order valence-electron chi connectivity index (χ3n) is 2.86. The highest BCUT2D eigenvalue weighted by Crippen LogP contribution is 2.16. The smallest absolute Gasteiger partial charge is 0.282 e. The van der Waals surface area contributed by atoms with Crippen molar-refractivity contribution in [2.75, 3.05) is 18.5 Å². The third kappa shape index (κ3) is 4.28. The van der Waals surface area contributed by atoms with Crippen LogP contribution in [0, 0.1) is 5.82 Å². The molecular formula is C14H15BrFN3O3. The summed E-state index contributed by atoms with van der Waals surface area (Å²) in [5.74, 6) is 0.120. The molecule has 1 unspecified atom stereocenters. The van der Waals surface area contributed by atoms with Gasteiger partial charge in [0.25, 0.3) is 5.56 Å². The first-order valence-electron chi connectivity index (χ1n) is 6.49. The average molecular weight is 372 g/mol. The van der Waals surface area contributed by atoms with Crippen LogP contribution >= 0.6 is 15.9 Å². The van der Waals surface area contributed by atoms with Gasteiger partial charge >= 0.3 is 0 Å². The summed E-state index contributed by atoms with van der Waals surface area (Å²) in [6.45, 7) is 0.211. The lowest BCUT2D eigenvalue weighted by atomic mass is 10.3. The van der Waals surface area contributed by atoms with Gasteiger partial charge in [-0.1, -0.05) is 0 Å². The van der Waals surface area contributed by atoms with Crippen molar-refractivity contribution in [1.29, 1.82) is 0 Å². The summed E-state index contributed by atoms with van der Waals surface area (Å²) in [5.41, 5.74) is 0.214. The van der Waals surface area contributed by atoms with Gasteiger partial charge in [0.15, 0.2) is 0 Å². The fourth-order valence-electron chi connectivity index (χ4n) is 1.64. The molecule has 2 aromatic rings. The lowest BCUT2D eigenvalue weighted by Gasteiger charge is -2.14. The molecule has 8 heteroatoms. The molecule has 2 rings (SSSR count). The highest BCUT2D eigenvalue weighted by molar-refractivity contribution is 9.10. The van der Waals surface area contributed by atoms with E-state index in [2.05, 4.69) is 26.3 Å². The summed E-state index contributed by atoms with van der Waals surface area (Å²) >= 11 is 3.18. The second kappa shape index (κ2) is 7.37. The van der Waals surface area contributed by atoms with Crippen LogP contribution in [0.2, 0.25) is 0 Å². The van der Waals surface area contributed by atoms with Crippen LogP contribution in [0.3, 0.4) is 0 Å². The Morgan fingerprint density at radius 3 is 2.82 bits per heavy atom.